The topological polar surface area (TPSA) is 82.8 Å². The number of nitrogens with one attached hydrogen (secondary N) is 1. The van der Waals surface area contributed by atoms with Gasteiger partial charge < -0.3 is 19.7 Å². The first-order valence-corrected chi connectivity index (χ1v) is 8.24. The van der Waals surface area contributed by atoms with Crippen molar-refractivity contribution in [2.45, 2.75) is 25.3 Å². The van der Waals surface area contributed by atoms with E-state index in [0.29, 0.717) is 13.0 Å². The van der Waals surface area contributed by atoms with Gasteiger partial charge >= 0.3 is 5.97 Å². The standard InChI is InChI=1S/C19H24N2O4/c1-21(2)13-15(12-18(22)23)20-19(24)17-11-10-16(25-17)9-8-14-6-4-3-5-7-14/h3-7,10-11,15H,8-9,12-13H2,1-2H3,(H,20,24)(H,22,23). The Morgan fingerprint density at radius 3 is 2.48 bits per heavy atom. The molecule has 1 atom stereocenters. The average Bonchev–Trinajstić information content (AvgIpc) is 3.01. The van der Waals surface area contributed by atoms with Crippen molar-refractivity contribution >= 4 is 11.9 Å². The molecule has 25 heavy (non-hydrogen) atoms. The van der Waals surface area contributed by atoms with E-state index in [1.54, 1.807) is 12.1 Å². The molecular formula is C19H24N2O4. The van der Waals surface area contributed by atoms with Crippen molar-refractivity contribution in [1.82, 2.24) is 10.2 Å². The molecule has 0 aliphatic carbocycles. The van der Waals surface area contributed by atoms with Gasteiger partial charge in [-0.2, -0.15) is 0 Å². The van der Waals surface area contributed by atoms with Crippen molar-refractivity contribution in [1.29, 1.82) is 0 Å². The number of hydrogen-bond acceptors (Lipinski definition) is 4. The molecule has 2 aromatic rings. The maximum atomic E-state index is 12.3. The Morgan fingerprint density at radius 2 is 1.84 bits per heavy atom. The molecule has 1 amide bonds. The second-order valence-electron chi connectivity index (χ2n) is 6.28. The molecule has 6 nitrogen and oxygen atoms in total. The summed E-state index contributed by atoms with van der Waals surface area (Å²) in [6, 6.07) is 13.0. The predicted octanol–water partition coefficient (Wildman–Crippen LogP) is 2.20. The Bertz CT molecular complexity index is 694. The number of benzene rings is 1. The van der Waals surface area contributed by atoms with Gasteiger partial charge in [0.05, 0.1) is 12.5 Å². The van der Waals surface area contributed by atoms with Gasteiger partial charge in [0.1, 0.15) is 5.76 Å². The van der Waals surface area contributed by atoms with Crippen molar-refractivity contribution in [2.75, 3.05) is 20.6 Å². The summed E-state index contributed by atoms with van der Waals surface area (Å²) in [6.45, 7) is 0.444. The van der Waals surface area contributed by atoms with Crippen LogP contribution >= 0.6 is 0 Å². The van der Waals surface area contributed by atoms with E-state index < -0.39 is 12.0 Å². The van der Waals surface area contributed by atoms with Crippen molar-refractivity contribution in [3.05, 3.63) is 59.5 Å². The molecule has 0 radical (unpaired) electrons. The van der Waals surface area contributed by atoms with E-state index in [-0.39, 0.29) is 18.1 Å². The zero-order valence-electron chi connectivity index (χ0n) is 14.6. The van der Waals surface area contributed by atoms with Crippen LogP contribution in [0.4, 0.5) is 0 Å². The Balaban J connectivity index is 1.92. The molecule has 134 valence electrons. The summed E-state index contributed by atoms with van der Waals surface area (Å²) in [7, 11) is 3.66. The SMILES string of the molecule is CN(C)CC(CC(=O)O)NC(=O)c1ccc(CCc2ccccc2)o1. The number of nitrogens with zero attached hydrogens (tertiary/aromatic N) is 1. The summed E-state index contributed by atoms with van der Waals surface area (Å²) in [6.07, 6.45) is 1.40. The largest absolute Gasteiger partial charge is 0.481 e. The lowest BCUT2D eigenvalue weighted by Gasteiger charge is -2.20. The van der Waals surface area contributed by atoms with Crippen LogP contribution in [0.15, 0.2) is 46.9 Å². The van der Waals surface area contributed by atoms with E-state index in [0.717, 1.165) is 12.2 Å². The van der Waals surface area contributed by atoms with Crippen LogP contribution in [0.5, 0.6) is 0 Å². The van der Waals surface area contributed by atoms with E-state index in [9.17, 15) is 9.59 Å². The van der Waals surface area contributed by atoms with Crippen LogP contribution in [-0.2, 0) is 17.6 Å². The molecule has 0 fully saturated rings. The fourth-order valence-corrected chi connectivity index (χ4v) is 2.62. The number of hydrogen-bond donors (Lipinski definition) is 2. The van der Waals surface area contributed by atoms with Crippen LogP contribution in [-0.4, -0.2) is 48.6 Å². The molecule has 0 spiro atoms. The maximum absolute atomic E-state index is 12.3. The van der Waals surface area contributed by atoms with Gasteiger partial charge in [-0.1, -0.05) is 30.3 Å². The van der Waals surface area contributed by atoms with Gasteiger partial charge in [-0.25, -0.2) is 0 Å². The zero-order chi connectivity index (χ0) is 18.2. The third kappa shape index (κ3) is 6.43. The zero-order valence-corrected chi connectivity index (χ0v) is 14.6. The van der Waals surface area contributed by atoms with Gasteiger partial charge in [0.2, 0.25) is 0 Å². The Labute approximate surface area is 147 Å². The number of rotatable bonds is 9. The van der Waals surface area contributed by atoms with Gasteiger partial charge in [0, 0.05) is 13.0 Å². The third-order valence-corrected chi connectivity index (χ3v) is 3.73. The highest BCUT2D eigenvalue weighted by Gasteiger charge is 2.19. The lowest BCUT2D eigenvalue weighted by Crippen LogP contribution is -2.42. The first-order valence-electron chi connectivity index (χ1n) is 8.24. The molecular weight excluding hydrogens is 320 g/mol. The van der Waals surface area contributed by atoms with Crippen molar-refractivity contribution in [3.8, 4) is 0 Å². The van der Waals surface area contributed by atoms with Crippen LogP contribution in [0.25, 0.3) is 0 Å². The van der Waals surface area contributed by atoms with E-state index in [4.69, 9.17) is 9.52 Å². The highest BCUT2D eigenvalue weighted by Crippen LogP contribution is 2.12. The van der Waals surface area contributed by atoms with Gasteiger partial charge in [-0.15, -0.1) is 0 Å². The van der Waals surface area contributed by atoms with Gasteiger partial charge in [0.15, 0.2) is 5.76 Å². The normalized spacial score (nSPS) is 12.1. The average molecular weight is 344 g/mol. The fraction of sp³-hybridized carbons (Fsp3) is 0.368. The summed E-state index contributed by atoms with van der Waals surface area (Å²) in [5, 5.41) is 11.7. The molecule has 0 bridgehead atoms. The fourth-order valence-electron chi connectivity index (χ4n) is 2.62. The predicted molar refractivity (Wildman–Crippen MR) is 94.6 cm³/mol. The molecule has 6 heteroatoms. The second kappa shape index (κ2) is 9.03. The number of furan rings is 1. The summed E-state index contributed by atoms with van der Waals surface area (Å²) >= 11 is 0. The Hall–Kier alpha value is -2.60. The summed E-state index contributed by atoms with van der Waals surface area (Å²) in [4.78, 5) is 25.1. The lowest BCUT2D eigenvalue weighted by atomic mass is 10.1. The van der Waals surface area contributed by atoms with Crippen molar-refractivity contribution in [3.63, 3.8) is 0 Å². The van der Waals surface area contributed by atoms with E-state index in [2.05, 4.69) is 5.32 Å². The lowest BCUT2D eigenvalue weighted by molar-refractivity contribution is -0.137. The quantitative estimate of drug-likeness (QED) is 0.729. The molecule has 0 saturated heterocycles. The minimum absolute atomic E-state index is 0.133. The molecule has 1 aromatic heterocycles. The van der Waals surface area contributed by atoms with Gasteiger partial charge in [-0.05, 0) is 38.2 Å². The molecule has 0 aliphatic heterocycles. The highest BCUT2D eigenvalue weighted by atomic mass is 16.4. The maximum Gasteiger partial charge on any atom is 0.305 e. The van der Waals surface area contributed by atoms with Crippen LogP contribution in [0.3, 0.4) is 0 Å². The minimum Gasteiger partial charge on any atom is -0.481 e. The number of amides is 1. The monoisotopic (exact) mass is 344 g/mol. The summed E-state index contributed by atoms with van der Waals surface area (Å²) in [5.74, 6) is -0.400. The number of carboxylic acid groups (broad SMARTS) is 1. The van der Waals surface area contributed by atoms with Crippen molar-refractivity contribution in [2.24, 2.45) is 0 Å². The van der Waals surface area contributed by atoms with Crippen LogP contribution < -0.4 is 5.32 Å². The number of carbonyl (C=O) groups is 2. The summed E-state index contributed by atoms with van der Waals surface area (Å²) in [5.41, 5.74) is 1.21. The van der Waals surface area contributed by atoms with E-state index in [1.165, 1.54) is 5.56 Å². The van der Waals surface area contributed by atoms with E-state index in [1.807, 2.05) is 49.3 Å². The minimum atomic E-state index is -0.949. The number of aliphatic carboxylic acids is 1. The van der Waals surface area contributed by atoms with E-state index >= 15 is 0 Å². The molecule has 1 unspecified atom stereocenters. The summed E-state index contributed by atoms with van der Waals surface area (Å²) < 4.78 is 5.60. The van der Waals surface area contributed by atoms with Crippen LogP contribution in [0.1, 0.15) is 28.3 Å². The molecule has 0 saturated carbocycles. The number of carboxylic acids is 1. The van der Waals surface area contributed by atoms with Crippen LogP contribution in [0.2, 0.25) is 0 Å². The Morgan fingerprint density at radius 1 is 1.12 bits per heavy atom. The molecule has 0 aliphatic rings. The second-order valence-corrected chi connectivity index (χ2v) is 6.28. The molecule has 1 aromatic carbocycles. The highest BCUT2D eigenvalue weighted by molar-refractivity contribution is 5.92. The number of carbonyl (C=O) groups excluding carboxylic acids is 1. The molecule has 2 rings (SSSR count). The smallest absolute Gasteiger partial charge is 0.305 e. The van der Waals surface area contributed by atoms with Gasteiger partial charge in [-0.3, -0.25) is 9.59 Å². The van der Waals surface area contributed by atoms with Gasteiger partial charge in [0.25, 0.3) is 5.91 Å². The third-order valence-electron chi connectivity index (χ3n) is 3.73. The van der Waals surface area contributed by atoms with Crippen molar-refractivity contribution < 1.29 is 19.1 Å². The number of likely N-dealkylation sites (N-methyl/N-ethyl adjacent to an activating group) is 1. The first kappa shape index (κ1) is 18.7. The molecule has 1 heterocycles. The number of aryl methyl sites for hydroxylation is 2. The molecule has 2 N–H and O–H groups in total. The van der Waals surface area contributed by atoms with Crippen LogP contribution in [0, 0.1) is 0 Å². The Kier molecular flexibility index (Phi) is 6.77. The first-order chi connectivity index (χ1) is 11.9.